The lowest BCUT2D eigenvalue weighted by Crippen LogP contribution is -2.07. The van der Waals surface area contributed by atoms with Gasteiger partial charge in [-0.05, 0) is 12.0 Å². The molecule has 6 nitrogen and oxygen atoms in total. The van der Waals surface area contributed by atoms with Crippen molar-refractivity contribution in [2.75, 3.05) is 11.5 Å². The highest BCUT2D eigenvalue weighted by atomic mass is 15.3. The molecule has 120 valence electrons. The number of aryl methyl sites for hydroxylation is 1. The van der Waals surface area contributed by atoms with Crippen molar-refractivity contribution in [3.05, 3.63) is 54.0 Å². The summed E-state index contributed by atoms with van der Waals surface area (Å²) in [6, 6.07) is 10.1. The SMILES string of the molecule is CCc1nc(N)nc(N)c1C#CCn1cc(-c2ccccc2)cn1. The fraction of sp³-hybridized carbons (Fsp3) is 0.167. The number of benzene rings is 1. The first-order chi connectivity index (χ1) is 11.7. The molecule has 0 fully saturated rings. The van der Waals surface area contributed by atoms with E-state index in [1.54, 1.807) is 4.68 Å². The van der Waals surface area contributed by atoms with Crippen LogP contribution in [0.4, 0.5) is 11.8 Å². The molecule has 2 heterocycles. The van der Waals surface area contributed by atoms with Crippen LogP contribution in [0.25, 0.3) is 11.1 Å². The summed E-state index contributed by atoms with van der Waals surface area (Å²) < 4.78 is 1.79. The molecule has 0 aliphatic carbocycles. The molecular formula is C18H18N6. The Morgan fingerprint density at radius 1 is 1.08 bits per heavy atom. The van der Waals surface area contributed by atoms with E-state index in [4.69, 9.17) is 11.5 Å². The zero-order valence-electron chi connectivity index (χ0n) is 13.4. The van der Waals surface area contributed by atoms with Gasteiger partial charge in [0.05, 0.1) is 17.5 Å². The van der Waals surface area contributed by atoms with Crippen LogP contribution < -0.4 is 11.5 Å². The summed E-state index contributed by atoms with van der Waals surface area (Å²) in [6.45, 7) is 2.44. The van der Waals surface area contributed by atoms with Gasteiger partial charge in [0.2, 0.25) is 5.95 Å². The van der Waals surface area contributed by atoms with Crippen LogP contribution in [-0.2, 0) is 13.0 Å². The van der Waals surface area contributed by atoms with Crippen LogP contribution in [-0.4, -0.2) is 19.7 Å². The van der Waals surface area contributed by atoms with Gasteiger partial charge in [-0.3, -0.25) is 4.68 Å². The van der Waals surface area contributed by atoms with Gasteiger partial charge in [0.15, 0.2) is 0 Å². The minimum absolute atomic E-state index is 0.175. The van der Waals surface area contributed by atoms with Gasteiger partial charge in [-0.25, -0.2) is 4.98 Å². The minimum atomic E-state index is 0.175. The highest BCUT2D eigenvalue weighted by molar-refractivity contribution is 5.61. The molecule has 0 amide bonds. The van der Waals surface area contributed by atoms with Gasteiger partial charge in [0.25, 0.3) is 0 Å². The maximum absolute atomic E-state index is 5.90. The van der Waals surface area contributed by atoms with Crippen molar-refractivity contribution >= 4 is 11.8 Å². The Bertz CT molecular complexity index is 902. The molecule has 0 unspecified atom stereocenters. The second-order valence-electron chi connectivity index (χ2n) is 5.24. The van der Waals surface area contributed by atoms with E-state index in [-0.39, 0.29) is 5.95 Å². The van der Waals surface area contributed by atoms with Crippen molar-refractivity contribution in [3.8, 4) is 23.0 Å². The molecular weight excluding hydrogens is 300 g/mol. The molecule has 2 aromatic heterocycles. The van der Waals surface area contributed by atoms with Crippen molar-refractivity contribution in [1.29, 1.82) is 0 Å². The topological polar surface area (TPSA) is 95.6 Å². The standard InChI is InChI=1S/C18H18N6/c1-2-16-15(17(19)23-18(20)22-16)9-6-10-24-12-14(11-21-24)13-7-4-3-5-8-13/h3-5,7-8,11-12H,2,10H2,1H3,(H4,19,20,22,23). The van der Waals surface area contributed by atoms with Gasteiger partial charge >= 0.3 is 0 Å². The summed E-state index contributed by atoms with van der Waals surface area (Å²) in [5.41, 5.74) is 15.1. The molecule has 3 aromatic rings. The number of nitrogens with zero attached hydrogens (tertiary/aromatic N) is 4. The lowest BCUT2D eigenvalue weighted by atomic mass is 10.1. The Labute approximate surface area is 140 Å². The first-order valence-corrected chi connectivity index (χ1v) is 7.66. The van der Waals surface area contributed by atoms with E-state index in [1.807, 2.05) is 49.6 Å². The van der Waals surface area contributed by atoms with Crippen LogP contribution in [0.2, 0.25) is 0 Å². The summed E-state index contributed by atoms with van der Waals surface area (Å²) in [4.78, 5) is 8.15. The summed E-state index contributed by atoms with van der Waals surface area (Å²) >= 11 is 0. The van der Waals surface area contributed by atoms with Crippen molar-refractivity contribution in [3.63, 3.8) is 0 Å². The maximum atomic E-state index is 5.90. The third kappa shape index (κ3) is 3.36. The second kappa shape index (κ2) is 6.84. The Hall–Kier alpha value is -3.33. The first kappa shape index (κ1) is 15.6. The summed E-state index contributed by atoms with van der Waals surface area (Å²) in [5, 5.41) is 4.33. The third-order valence-electron chi connectivity index (χ3n) is 3.56. The van der Waals surface area contributed by atoms with Crippen LogP contribution in [0.3, 0.4) is 0 Å². The Balaban J connectivity index is 1.79. The van der Waals surface area contributed by atoms with Crippen LogP contribution in [0.1, 0.15) is 18.2 Å². The quantitative estimate of drug-likeness (QED) is 0.721. The van der Waals surface area contributed by atoms with Gasteiger partial charge in [0, 0.05) is 11.8 Å². The molecule has 0 aliphatic heterocycles. The lowest BCUT2D eigenvalue weighted by Gasteiger charge is -2.04. The Morgan fingerprint density at radius 2 is 1.88 bits per heavy atom. The molecule has 4 N–H and O–H groups in total. The largest absolute Gasteiger partial charge is 0.382 e. The van der Waals surface area contributed by atoms with Crippen molar-refractivity contribution in [2.45, 2.75) is 19.9 Å². The maximum Gasteiger partial charge on any atom is 0.222 e. The van der Waals surface area contributed by atoms with Crippen molar-refractivity contribution in [2.24, 2.45) is 0 Å². The summed E-state index contributed by atoms with van der Waals surface area (Å²) in [5.74, 6) is 6.60. The predicted molar refractivity (Wildman–Crippen MR) is 94.8 cm³/mol. The summed E-state index contributed by atoms with van der Waals surface area (Å²) in [6.07, 6.45) is 4.49. The summed E-state index contributed by atoms with van der Waals surface area (Å²) in [7, 11) is 0. The van der Waals surface area contributed by atoms with Gasteiger partial charge < -0.3 is 11.5 Å². The highest BCUT2D eigenvalue weighted by Gasteiger charge is 2.07. The molecule has 6 heteroatoms. The van der Waals surface area contributed by atoms with E-state index in [9.17, 15) is 0 Å². The van der Waals surface area contributed by atoms with Crippen LogP contribution in [0.5, 0.6) is 0 Å². The number of hydrogen-bond acceptors (Lipinski definition) is 5. The molecule has 0 saturated carbocycles. The average molecular weight is 318 g/mol. The Kier molecular flexibility index (Phi) is 4.43. The number of aromatic nitrogens is 4. The molecule has 0 saturated heterocycles. The monoisotopic (exact) mass is 318 g/mol. The van der Waals surface area contributed by atoms with E-state index in [0.29, 0.717) is 24.3 Å². The van der Waals surface area contributed by atoms with Gasteiger partial charge in [-0.2, -0.15) is 10.1 Å². The third-order valence-corrected chi connectivity index (χ3v) is 3.56. The predicted octanol–water partition coefficient (Wildman–Crippen LogP) is 2.12. The lowest BCUT2D eigenvalue weighted by molar-refractivity contribution is 0.715. The molecule has 24 heavy (non-hydrogen) atoms. The van der Waals surface area contributed by atoms with Crippen LogP contribution in [0.15, 0.2) is 42.7 Å². The minimum Gasteiger partial charge on any atom is -0.382 e. The second-order valence-corrected chi connectivity index (χ2v) is 5.24. The van der Waals surface area contributed by atoms with E-state index in [2.05, 4.69) is 26.9 Å². The average Bonchev–Trinajstić information content (AvgIpc) is 3.06. The fourth-order valence-corrected chi connectivity index (χ4v) is 2.38. The van der Waals surface area contributed by atoms with Crippen LogP contribution in [0, 0.1) is 11.8 Å². The molecule has 0 spiro atoms. The zero-order chi connectivity index (χ0) is 16.9. The van der Waals surface area contributed by atoms with Gasteiger partial charge in [-0.1, -0.05) is 49.1 Å². The molecule has 0 aliphatic rings. The highest BCUT2D eigenvalue weighted by Crippen LogP contribution is 2.17. The molecule has 0 atom stereocenters. The normalized spacial score (nSPS) is 10.2. The van der Waals surface area contributed by atoms with Crippen molar-refractivity contribution in [1.82, 2.24) is 19.7 Å². The number of nitrogen functional groups attached to an aromatic ring is 2. The van der Waals surface area contributed by atoms with Crippen LogP contribution >= 0.6 is 0 Å². The fourth-order valence-electron chi connectivity index (χ4n) is 2.38. The van der Waals surface area contributed by atoms with E-state index >= 15 is 0 Å². The van der Waals surface area contributed by atoms with Gasteiger partial charge in [0.1, 0.15) is 12.4 Å². The first-order valence-electron chi connectivity index (χ1n) is 7.66. The Morgan fingerprint density at radius 3 is 2.62 bits per heavy atom. The number of hydrogen-bond donors (Lipinski definition) is 2. The van der Waals surface area contributed by atoms with Crippen molar-refractivity contribution < 1.29 is 0 Å². The molecule has 1 aromatic carbocycles. The number of anilines is 2. The zero-order valence-corrected chi connectivity index (χ0v) is 13.4. The molecule has 0 radical (unpaired) electrons. The van der Waals surface area contributed by atoms with E-state index in [0.717, 1.165) is 16.8 Å². The van der Waals surface area contributed by atoms with E-state index in [1.165, 1.54) is 0 Å². The molecule has 0 bridgehead atoms. The molecule has 3 rings (SSSR count). The smallest absolute Gasteiger partial charge is 0.222 e. The number of rotatable bonds is 3. The van der Waals surface area contributed by atoms with Gasteiger partial charge in [-0.15, -0.1) is 0 Å². The number of nitrogens with two attached hydrogens (primary N) is 2. The van der Waals surface area contributed by atoms with E-state index < -0.39 is 0 Å².